The van der Waals surface area contributed by atoms with Gasteiger partial charge in [-0.3, -0.25) is 0 Å². The predicted octanol–water partition coefficient (Wildman–Crippen LogP) is 4.50. The molecule has 4 heteroatoms. The minimum atomic E-state index is -0.796. The summed E-state index contributed by atoms with van der Waals surface area (Å²) >= 11 is 0. The molecule has 0 radical (unpaired) electrons. The Morgan fingerprint density at radius 1 is 1.08 bits per heavy atom. The molecule has 0 aliphatic carbocycles. The summed E-state index contributed by atoms with van der Waals surface area (Å²) in [5.41, 5.74) is 2.53. The van der Waals surface area contributed by atoms with Crippen LogP contribution in [-0.2, 0) is 9.47 Å². The molecule has 1 aliphatic heterocycles. The molecule has 0 saturated carbocycles. The van der Waals surface area contributed by atoms with Crippen LogP contribution in [0.1, 0.15) is 30.4 Å². The van der Waals surface area contributed by atoms with Crippen LogP contribution in [0.4, 0.5) is 0 Å². The fraction of sp³-hybridized carbons (Fsp3) is 0.286. The van der Waals surface area contributed by atoms with Crippen LogP contribution in [0.2, 0.25) is 0 Å². The summed E-state index contributed by atoms with van der Waals surface area (Å²) in [6.07, 6.45) is 0.565. The minimum Gasteiger partial charge on any atom is -0.497 e. The Morgan fingerprint density at radius 3 is 2.32 bits per heavy atom. The number of hydrogen-bond acceptors (Lipinski definition) is 4. The lowest BCUT2D eigenvalue weighted by Gasteiger charge is -2.38. The number of ether oxygens (including phenoxy) is 3. The lowest BCUT2D eigenvalue weighted by Crippen LogP contribution is -2.37. The van der Waals surface area contributed by atoms with Gasteiger partial charge in [-0.15, -0.1) is 0 Å². The fourth-order valence-electron chi connectivity index (χ4n) is 3.12. The zero-order valence-corrected chi connectivity index (χ0v) is 14.7. The van der Waals surface area contributed by atoms with Crippen molar-refractivity contribution in [2.45, 2.75) is 25.0 Å². The van der Waals surface area contributed by atoms with E-state index < -0.39 is 5.79 Å². The van der Waals surface area contributed by atoms with Crippen LogP contribution in [0.5, 0.6) is 5.75 Å². The Kier molecular flexibility index (Phi) is 4.78. The average Bonchev–Trinajstić information content (AvgIpc) is 2.68. The molecule has 0 N–H and O–H groups in total. The highest BCUT2D eigenvalue weighted by molar-refractivity contribution is 5.70. The summed E-state index contributed by atoms with van der Waals surface area (Å²) < 4.78 is 17.0. The van der Waals surface area contributed by atoms with Crippen molar-refractivity contribution < 1.29 is 14.2 Å². The summed E-state index contributed by atoms with van der Waals surface area (Å²) in [6, 6.07) is 19.9. The summed E-state index contributed by atoms with van der Waals surface area (Å²) in [7, 11) is 3.27. The van der Waals surface area contributed by atoms with Crippen molar-refractivity contribution >= 4 is 5.76 Å². The number of rotatable bonds is 4. The van der Waals surface area contributed by atoms with Crippen LogP contribution in [0.3, 0.4) is 0 Å². The van der Waals surface area contributed by atoms with Gasteiger partial charge in [0.2, 0.25) is 5.79 Å². The molecule has 128 valence electrons. The Labute approximate surface area is 148 Å². The number of nitrogens with zero attached hydrogens (tertiary/aromatic N) is 1. The van der Waals surface area contributed by atoms with Crippen molar-refractivity contribution in [3.8, 4) is 11.8 Å². The average molecular weight is 335 g/mol. The zero-order chi connectivity index (χ0) is 17.9. The van der Waals surface area contributed by atoms with Gasteiger partial charge in [0.05, 0.1) is 18.8 Å². The molecule has 0 spiro atoms. The third-order valence-electron chi connectivity index (χ3n) is 4.59. The van der Waals surface area contributed by atoms with Crippen LogP contribution in [0.15, 0.2) is 60.2 Å². The molecule has 1 heterocycles. The molecule has 2 aromatic rings. The van der Waals surface area contributed by atoms with Gasteiger partial charge in [0, 0.05) is 31.9 Å². The molecule has 3 rings (SSSR count). The van der Waals surface area contributed by atoms with Crippen LogP contribution in [-0.4, -0.2) is 20.0 Å². The third kappa shape index (κ3) is 3.38. The first-order valence-corrected chi connectivity index (χ1v) is 8.18. The van der Waals surface area contributed by atoms with Gasteiger partial charge in [0.15, 0.2) is 0 Å². The van der Waals surface area contributed by atoms with Crippen LogP contribution >= 0.6 is 0 Å². The summed E-state index contributed by atoms with van der Waals surface area (Å²) in [5.74, 6) is 0.469. The molecule has 0 saturated heterocycles. The van der Waals surface area contributed by atoms with E-state index in [0.29, 0.717) is 17.8 Å². The lowest BCUT2D eigenvalue weighted by atomic mass is 9.82. The van der Waals surface area contributed by atoms with E-state index in [-0.39, 0.29) is 5.92 Å². The smallest absolute Gasteiger partial charge is 0.208 e. The third-order valence-corrected chi connectivity index (χ3v) is 4.59. The standard InChI is InChI=1S/C21H21NO3/c1-21(24-3)13-18(15-9-11-17(23-2)12-10-15)19(14-22)20(25-21)16-7-5-4-6-8-16/h4-12,18H,13H2,1-3H3/t18-,21-/m1/s1. The second-order valence-corrected chi connectivity index (χ2v) is 6.19. The Balaban J connectivity index is 2.12. The van der Waals surface area contributed by atoms with E-state index in [0.717, 1.165) is 16.9 Å². The molecule has 2 aromatic carbocycles. The maximum atomic E-state index is 9.84. The SMILES string of the molecule is COc1ccc([C@H]2C[C@](C)(OC)OC(c3ccccc3)=C2C#N)cc1. The largest absolute Gasteiger partial charge is 0.497 e. The number of nitriles is 1. The molecule has 0 fully saturated rings. The van der Waals surface area contributed by atoms with E-state index in [9.17, 15) is 5.26 Å². The van der Waals surface area contributed by atoms with Gasteiger partial charge in [-0.2, -0.15) is 5.26 Å². The maximum Gasteiger partial charge on any atom is 0.208 e. The molecule has 1 aliphatic rings. The highest BCUT2D eigenvalue weighted by atomic mass is 16.7. The van der Waals surface area contributed by atoms with E-state index in [1.165, 1.54) is 0 Å². The predicted molar refractivity (Wildman–Crippen MR) is 95.8 cm³/mol. The second-order valence-electron chi connectivity index (χ2n) is 6.19. The van der Waals surface area contributed by atoms with Crippen molar-refractivity contribution in [1.29, 1.82) is 5.26 Å². The first-order valence-electron chi connectivity index (χ1n) is 8.18. The highest BCUT2D eigenvalue weighted by Gasteiger charge is 2.40. The Hall–Kier alpha value is -2.77. The number of methoxy groups -OCH3 is 2. The van der Waals surface area contributed by atoms with E-state index in [1.807, 2.05) is 61.5 Å². The maximum absolute atomic E-state index is 9.84. The van der Waals surface area contributed by atoms with Crippen molar-refractivity contribution in [2.24, 2.45) is 0 Å². The van der Waals surface area contributed by atoms with Crippen LogP contribution < -0.4 is 4.74 Å². The molecular formula is C21H21NO3. The van der Waals surface area contributed by atoms with Crippen LogP contribution in [0.25, 0.3) is 5.76 Å². The van der Waals surface area contributed by atoms with Crippen molar-refractivity contribution in [3.63, 3.8) is 0 Å². The molecule has 0 aromatic heterocycles. The molecule has 2 atom stereocenters. The van der Waals surface area contributed by atoms with E-state index in [1.54, 1.807) is 14.2 Å². The summed E-state index contributed by atoms with van der Waals surface area (Å²) in [4.78, 5) is 0. The van der Waals surface area contributed by atoms with Gasteiger partial charge in [-0.05, 0) is 17.7 Å². The molecule has 0 amide bonds. The minimum absolute atomic E-state index is 0.107. The Bertz CT molecular complexity index is 805. The zero-order valence-electron chi connectivity index (χ0n) is 14.7. The molecular weight excluding hydrogens is 314 g/mol. The van der Waals surface area contributed by atoms with Gasteiger partial charge in [-0.25, -0.2) is 0 Å². The summed E-state index contributed by atoms with van der Waals surface area (Å²) in [6.45, 7) is 1.90. The molecule has 25 heavy (non-hydrogen) atoms. The quantitative estimate of drug-likeness (QED) is 0.825. The first kappa shape index (κ1) is 17.1. The Morgan fingerprint density at radius 2 is 1.76 bits per heavy atom. The highest BCUT2D eigenvalue weighted by Crippen LogP contribution is 2.45. The summed E-state index contributed by atoms with van der Waals surface area (Å²) in [5, 5.41) is 9.84. The van der Waals surface area contributed by atoms with Gasteiger partial charge in [0.1, 0.15) is 11.5 Å². The number of allylic oxidation sites excluding steroid dienone is 1. The van der Waals surface area contributed by atoms with E-state index in [4.69, 9.17) is 14.2 Å². The normalized spacial score (nSPS) is 22.9. The second kappa shape index (κ2) is 7.00. The van der Waals surface area contributed by atoms with Gasteiger partial charge < -0.3 is 14.2 Å². The molecule has 0 unspecified atom stereocenters. The molecule has 0 bridgehead atoms. The van der Waals surface area contributed by atoms with E-state index in [2.05, 4.69) is 6.07 Å². The van der Waals surface area contributed by atoms with Gasteiger partial charge >= 0.3 is 0 Å². The monoisotopic (exact) mass is 335 g/mol. The van der Waals surface area contributed by atoms with Gasteiger partial charge in [-0.1, -0.05) is 42.5 Å². The van der Waals surface area contributed by atoms with Crippen molar-refractivity contribution in [2.75, 3.05) is 14.2 Å². The lowest BCUT2D eigenvalue weighted by molar-refractivity contribution is -0.179. The van der Waals surface area contributed by atoms with Crippen molar-refractivity contribution in [3.05, 3.63) is 71.3 Å². The van der Waals surface area contributed by atoms with E-state index >= 15 is 0 Å². The first-order chi connectivity index (χ1) is 12.1. The van der Waals surface area contributed by atoms with Gasteiger partial charge in [0.25, 0.3) is 0 Å². The number of hydrogen-bond donors (Lipinski definition) is 0. The van der Waals surface area contributed by atoms with Crippen molar-refractivity contribution in [1.82, 2.24) is 0 Å². The van der Waals surface area contributed by atoms with Crippen LogP contribution in [0, 0.1) is 11.3 Å². The topological polar surface area (TPSA) is 51.5 Å². The fourth-order valence-corrected chi connectivity index (χ4v) is 3.12. The number of benzene rings is 2. The molecule has 4 nitrogen and oxygen atoms in total.